The van der Waals surface area contributed by atoms with Gasteiger partial charge in [0.15, 0.2) is 5.16 Å². The monoisotopic (exact) mass is 412 g/mol. The Labute approximate surface area is 178 Å². The van der Waals surface area contributed by atoms with Gasteiger partial charge in [-0.05, 0) is 36.8 Å². The lowest BCUT2D eigenvalue weighted by Gasteiger charge is -2.21. The number of amides is 1. The van der Waals surface area contributed by atoms with E-state index in [1.165, 1.54) is 55.0 Å². The van der Waals surface area contributed by atoms with E-state index in [9.17, 15) is 4.79 Å². The summed E-state index contributed by atoms with van der Waals surface area (Å²) in [7, 11) is 0. The molecule has 2 aromatic rings. The summed E-state index contributed by atoms with van der Waals surface area (Å²) in [5, 5.41) is 12.8. The van der Waals surface area contributed by atoms with Crippen LogP contribution in [0.25, 0.3) is 0 Å². The minimum absolute atomic E-state index is 0.00188. The van der Waals surface area contributed by atoms with Gasteiger partial charge >= 0.3 is 0 Å². The zero-order valence-electron chi connectivity index (χ0n) is 17.6. The number of aromatic nitrogens is 3. The summed E-state index contributed by atoms with van der Waals surface area (Å²) in [5.41, 5.74) is 3.33. The Kier molecular flexibility index (Phi) is 7.92. The van der Waals surface area contributed by atoms with Crippen LogP contribution in [0.3, 0.4) is 0 Å². The molecular formula is C23H32N4OS. The molecule has 29 heavy (non-hydrogen) atoms. The van der Waals surface area contributed by atoms with Gasteiger partial charge in [-0.25, -0.2) is 0 Å². The molecule has 1 aliphatic carbocycles. The molecule has 3 rings (SSSR count). The van der Waals surface area contributed by atoms with Crippen LogP contribution >= 0.6 is 11.8 Å². The fraction of sp³-hybridized carbons (Fsp3) is 0.522. The van der Waals surface area contributed by atoms with Crippen molar-refractivity contribution in [1.82, 2.24) is 14.8 Å². The van der Waals surface area contributed by atoms with E-state index in [4.69, 9.17) is 0 Å². The van der Waals surface area contributed by atoms with Crippen molar-refractivity contribution in [3.05, 3.63) is 47.8 Å². The lowest BCUT2D eigenvalue weighted by Crippen LogP contribution is -2.17. The van der Waals surface area contributed by atoms with E-state index in [-0.39, 0.29) is 5.91 Å². The molecule has 0 unspecified atom stereocenters. The number of aryl methyl sites for hydroxylation is 2. The number of nitrogens with one attached hydrogen (secondary N) is 1. The van der Waals surface area contributed by atoms with Gasteiger partial charge in [-0.1, -0.05) is 69.1 Å². The fourth-order valence-electron chi connectivity index (χ4n) is 4.08. The molecule has 1 amide bonds. The van der Waals surface area contributed by atoms with Gasteiger partial charge in [0.25, 0.3) is 0 Å². The second-order valence-electron chi connectivity index (χ2n) is 7.57. The van der Waals surface area contributed by atoms with E-state index in [0.29, 0.717) is 18.2 Å². The predicted molar refractivity (Wildman–Crippen MR) is 121 cm³/mol. The van der Waals surface area contributed by atoms with Gasteiger partial charge in [0, 0.05) is 18.2 Å². The van der Waals surface area contributed by atoms with Crippen LogP contribution in [0.2, 0.25) is 0 Å². The van der Waals surface area contributed by atoms with Crippen LogP contribution in [0.1, 0.15) is 68.8 Å². The number of para-hydroxylation sites is 1. The van der Waals surface area contributed by atoms with Gasteiger partial charge in [0.05, 0.1) is 5.75 Å². The zero-order valence-corrected chi connectivity index (χ0v) is 18.4. The standard InChI is InChI=1S/C23H32N4OS/c1-4-15-27-22(19-11-8-7-9-12-19)25-26-23(27)29-16-20(28)24-21-17(5-2)13-10-14-18(21)6-3/h4,10,13-14,19H,1,5-9,11-12,15-16H2,2-3H3,(H,24,28). The van der Waals surface area contributed by atoms with Crippen molar-refractivity contribution in [3.63, 3.8) is 0 Å². The third-order valence-electron chi connectivity index (χ3n) is 5.62. The highest BCUT2D eigenvalue weighted by Crippen LogP contribution is 2.33. The SMILES string of the molecule is C=CCn1c(SCC(=O)Nc2c(CC)cccc2CC)nnc1C1CCCCC1. The molecule has 6 heteroatoms. The van der Waals surface area contributed by atoms with Gasteiger partial charge in [-0.15, -0.1) is 16.8 Å². The lowest BCUT2D eigenvalue weighted by atomic mass is 9.89. The molecule has 1 aromatic carbocycles. The lowest BCUT2D eigenvalue weighted by molar-refractivity contribution is -0.113. The fourth-order valence-corrected chi connectivity index (χ4v) is 4.83. The second-order valence-corrected chi connectivity index (χ2v) is 8.51. The van der Waals surface area contributed by atoms with Gasteiger partial charge in [0.2, 0.25) is 5.91 Å². The number of thioether (sulfide) groups is 1. The van der Waals surface area contributed by atoms with Crippen LogP contribution in [0.4, 0.5) is 5.69 Å². The summed E-state index contributed by atoms with van der Waals surface area (Å²) in [5.74, 6) is 1.85. The predicted octanol–water partition coefficient (Wildman–Crippen LogP) is 5.37. The molecule has 1 saturated carbocycles. The van der Waals surface area contributed by atoms with Crippen LogP contribution in [-0.2, 0) is 24.2 Å². The van der Waals surface area contributed by atoms with Crippen molar-refractivity contribution in [2.24, 2.45) is 0 Å². The van der Waals surface area contributed by atoms with Crippen molar-refractivity contribution in [2.75, 3.05) is 11.1 Å². The maximum Gasteiger partial charge on any atom is 0.234 e. The number of allylic oxidation sites excluding steroid dienone is 1. The Bertz CT molecular complexity index is 817. The minimum atomic E-state index is -0.00188. The Morgan fingerprint density at radius 1 is 1.21 bits per heavy atom. The summed E-state index contributed by atoms with van der Waals surface area (Å²) in [6, 6.07) is 6.23. The third-order valence-corrected chi connectivity index (χ3v) is 6.59. The van der Waals surface area contributed by atoms with Crippen molar-refractivity contribution in [2.45, 2.75) is 76.4 Å². The molecular weight excluding hydrogens is 380 g/mol. The largest absolute Gasteiger partial charge is 0.325 e. The number of nitrogens with zero attached hydrogens (tertiary/aromatic N) is 3. The zero-order chi connectivity index (χ0) is 20.6. The summed E-state index contributed by atoms with van der Waals surface area (Å²) in [6.45, 7) is 8.80. The average molecular weight is 413 g/mol. The topological polar surface area (TPSA) is 59.8 Å². The van der Waals surface area contributed by atoms with Crippen LogP contribution < -0.4 is 5.32 Å². The van der Waals surface area contributed by atoms with Gasteiger partial charge in [0.1, 0.15) is 5.82 Å². The second kappa shape index (κ2) is 10.6. The molecule has 1 aliphatic rings. The van der Waals surface area contributed by atoms with E-state index in [2.05, 4.69) is 58.7 Å². The highest BCUT2D eigenvalue weighted by molar-refractivity contribution is 7.99. The van der Waals surface area contributed by atoms with Crippen LogP contribution in [0.5, 0.6) is 0 Å². The maximum atomic E-state index is 12.7. The van der Waals surface area contributed by atoms with Gasteiger partial charge in [-0.3, -0.25) is 4.79 Å². The molecule has 0 saturated heterocycles. The van der Waals surface area contributed by atoms with Crippen LogP contribution in [-0.4, -0.2) is 26.4 Å². The maximum absolute atomic E-state index is 12.7. The first-order valence-corrected chi connectivity index (χ1v) is 11.7. The number of hydrogen-bond donors (Lipinski definition) is 1. The quantitative estimate of drug-likeness (QED) is 0.444. The van der Waals surface area contributed by atoms with Crippen molar-refractivity contribution in [3.8, 4) is 0 Å². The molecule has 156 valence electrons. The number of carbonyl (C=O) groups is 1. The summed E-state index contributed by atoms with van der Waals surface area (Å²) in [6.07, 6.45) is 9.85. The van der Waals surface area contributed by atoms with E-state index < -0.39 is 0 Å². The first kappa shape index (κ1) is 21.6. The smallest absolute Gasteiger partial charge is 0.234 e. The summed E-state index contributed by atoms with van der Waals surface area (Å²) < 4.78 is 2.14. The van der Waals surface area contributed by atoms with Crippen LogP contribution in [0, 0.1) is 0 Å². The molecule has 0 spiro atoms. The molecule has 1 heterocycles. The molecule has 1 N–H and O–H groups in total. The Balaban J connectivity index is 1.69. The first-order valence-electron chi connectivity index (χ1n) is 10.7. The van der Waals surface area contributed by atoms with Gasteiger partial charge in [-0.2, -0.15) is 0 Å². The van der Waals surface area contributed by atoms with E-state index in [1.807, 2.05) is 6.08 Å². The summed E-state index contributed by atoms with van der Waals surface area (Å²) >= 11 is 1.46. The number of rotatable bonds is 9. The Hall–Kier alpha value is -2.08. The van der Waals surface area contributed by atoms with E-state index in [0.717, 1.165) is 29.5 Å². The Morgan fingerprint density at radius 3 is 2.52 bits per heavy atom. The Morgan fingerprint density at radius 2 is 1.90 bits per heavy atom. The van der Waals surface area contributed by atoms with Crippen LogP contribution in [0.15, 0.2) is 36.0 Å². The minimum Gasteiger partial charge on any atom is -0.325 e. The third kappa shape index (κ3) is 5.30. The normalized spacial score (nSPS) is 14.7. The number of anilines is 1. The molecule has 1 aromatic heterocycles. The molecule has 0 aliphatic heterocycles. The van der Waals surface area contributed by atoms with Gasteiger partial charge < -0.3 is 9.88 Å². The average Bonchev–Trinajstić information content (AvgIpc) is 3.16. The molecule has 0 radical (unpaired) electrons. The van der Waals surface area contributed by atoms with Crippen molar-refractivity contribution >= 4 is 23.4 Å². The van der Waals surface area contributed by atoms with E-state index >= 15 is 0 Å². The number of benzene rings is 1. The molecule has 1 fully saturated rings. The summed E-state index contributed by atoms with van der Waals surface area (Å²) in [4.78, 5) is 12.7. The van der Waals surface area contributed by atoms with E-state index in [1.54, 1.807) is 0 Å². The van der Waals surface area contributed by atoms with Crippen molar-refractivity contribution in [1.29, 1.82) is 0 Å². The highest BCUT2D eigenvalue weighted by atomic mass is 32.2. The first-order chi connectivity index (χ1) is 14.2. The number of carbonyl (C=O) groups excluding carboxylic acids is 1. The number of hydrogen-bond acceptors (Lipinski definition) is 4. The molecule has 0 bridgehead atoms. The molecule has 0 atom stereocenters. The van der Waals surface area contributed by atoms with Crippen molar-refractivity contribution < 1.29 is 4.79 Å². The molecule has 5 nitrogen and oxygen atoms in total. The highest BCUT2D eigenvalue weighted by Gasteiger charge is 2.23.